The van der Waals surface area contributed by atoms with Gasteiger partial charge in [0.2, 0.25) is 5.91 Å². The number of halogens is 3. The van der Waals surface area contributed by atoms with E-state index in [-0.39, 0.29) is 23.0 Å². The average molecular weight is 428 g/mol. The molecule has 8 heteroatoms. The fraction of sp³-hybridized carbons (Fsp3) is 0.130. The first kappa shape index (κ1) is 21.9. The van der Waals surface area contributed by atoms with Crippen molar-refractivity contribution in [1.29, 1.82) is 0 Å². The number of aryl methyl sites for hydroxylation is 1. The Morgan fingerprint density at radius 1 is 0.871 bits per heavy atom. The summed E-state index contributed by atoms with van der Waals surface area (Å²) in [7, 11) is 0. The summed E-state index contributed by atoms with van der Waals surface area (Å²) >= 11 is 0. The highest BCUT2D eigenvalue weighted by Crippen LogP contribution is 2.33. The van der Waals surface area contributed by atoms with Crippen LogP contribution >= 0.6 is 0 Å². The normalized spacial score (nSPS) is 11.0. The largest absolute Gasteiger partial charge is 0.457 e. The molecule has 0 radical (unpaired) electrons. The third-order valence-electron chi connectivity index (χ3n) is 4.30. The molecular formula is C23H19F3N2O3. The van der Waals surface area contributed by atoms with Crippen LogP contribution in [0, 0.1) is 6.92 Å². The number of benzene rings is 3. The molecule has 0 atom stereocenters. The van der Waals surface area contributed by atoms with Crippen molar-refractivity contribution in [3.63, 3.8) is 0 Å². The van der Waals surface area contributed by atoms with Crippen LogP contribution in [-0.2, 0) is 11.0 Å². The molecule has 2 amide bonds. The van der Waals surface area contributed by atoms with Gasteiger partial charge >= 0.3 is 6.18 Å². The number of amides is 2. The highest BCUT2D eigenvalue weighted by atomic mass is 19.4. The molecule has 0 heterocycles. The van der Waals surface area contributed by atoms with E-state index < -0.39 is 17.6 Å². The van der Waals surface area contributed by atoms with Crippen LogP contribution in [0.15, 0.2) is 66.7 Å². The maximum atomic E-state index is 12.9. The van der Waals surface area contributed by atoms with Crippen molar-refractivity contribution >= 4 is 23.2 Å². The van der Waals surface area contributed by atoms with Crippen LogP contribution in [0.5, 0.6) is 11.5 Å². The van der Waals surface area contributed by atoms with Crippen LogP contribution in [0.4, 0.5) is 24.5 Å². The number of alkyl halides is 3. The highest BCUT2D eigenvalue weighted by Gasteiger charge is 2.30. The zero-order valence-electron chi connectivity index (χ0n) is 16.7. The van der Waals surface area contributed by atoms with E-state index in [2.05, 4.69) is 10.6 Å². The summed E-state index contributed by atoms with van der Waals surface area (Å²) in [6.07, 6.45) is -4.48. The Morgan fingerprint density at radius 2 is 1.55 bits per heavy atom. The molecule has 0 aliphatic heterocycles. The van der Waals surface area contributed by atoms with Gasteiger partial charge in [0.15, 0.2) is 0 Å². The Hall–Kier alpha value is -3.81. The topological polar surface area (TPSA) is 67.4 Å². The van der Waals surface area contributed by atoms with Crippen LogP contribution in [0.25, 0.3) is 0 Å². The Balaban J connectivity index is 1.76. The number of hydrogen-bond donors (Lipinski definition) is 2. The molecule has 0 aliphatic carbocycles. The lowest BCUT2D eigenvalue weighted by Gasteiger charge is -2.12. The summed E-state index contributed by atoms with van der Waals surface area (Å²) in [5, 5.41) is 5.41. The summed E-state index contributed by atoms with van der Waals surface area (Å²) in [6, 6.07) is 15.7. The lowest BCUT2D eigenvalue weighted by atomic mass is 10.1. The Labute approximate surface area is 176 Å². The van der Waals surface area contributed by atoms with Gasteiger partial charge in [-0.3, -0.25) is 9.59 Å². The minimum Gasteiger partial charge on any atom is -0.457 e. The van der Waals surface area contributed by atoms with Gasteiger partial charge < -0.3 is 15.4 Å². The van der Waals surface area contributed by atoms with Crippen molar-refractivity contribution in [3.8, 4) is 11.5 Å². The summed E-state index contributed by atoms with van der Waals surface area (Å²) < 4.78 is 44.1. The molecule has 3 rings (SSSR count). The highest BCUT2D eigenvalue weighted by molar-refractivity contribution is 6.05. The molecule has 0 unspecified atom stereocenters. The number of anilines is 2. The molecule has 3 aromatic carbocycles. The SMILES string of the molecule is CC(=O)Nc1cc(NC(=O)c2cccc(Oc3cccc(C(F)(F)F)c3)c2)ccc1C. The molecule has 0 bridgehead atoms. The van der Waals surface area contributed by atoms with Crippen LogP contribution in [0.1, 0.15) is 28.4 Å². The molecule has 31 heavy (non-hydrogen) atoms. The van der Waals surface area contributed by atoms with Gasteiger partial charge in [-0.1, -0.05) is 18.2 Å². The number of hydrogen-bond acceptors (Lipinski definition) is 3. The first-order valence-corrected chi connectivity index (χ1v) is 9.26. The minimum absolute atomic E-state index is 0.00543. The summed E-state index contributed by atoms with van der Waals surface area (Å²) in [5.74, 6) is -0.446. The molecule has 0 spiro atoms. The van der Waals surface area contributed by atoms with Gasteiger partial charge in [0, 0.05) is 23.9 Å². The molecule has 0 saturated heterocycles. The maximum Gasteiger partial charge on any atom is 0.416 e. The third kappa shape index (κ3) is 5.85. The first-order valence-electron chi connectivity index (χ1n) is 9.26. The van der Waals surface area contributed by atoms with Gasteiger partial charge in [-0.05, 0) is 61.0 Å². The van der Waals surface area contributed by atoms with E-state index in [9.17, 15) is 22.8 Å². The van der Waals surface area contributed by atoms with Gasteiger partial charge in [-0.2, -0.15) is 13.2 Å². The zero-order valence-corrected chi connectivity index (χ0v) is 16.7. The second kappa shape index (κ2) is 8.91. The summed E-state index contributed by atoms with van der Waals surface area (Å²) in [4.78, 5) is 23.9. The van der Waals surface area contributed by atoms with Crippen LogP contribution in [0.3, 0.4) is 0 Å². The maximum absolute atomic E-state index is 12.9. The Kier molecular flexibility index (Phi) is 6.29. The fourth-order valence-electron chi connectivity index (χ4n) is 2.80. The number of rotatable bonds is 5. The molecule has 0 aromatic heterocycles. The van der Waals surface area contributed by atoms with Crippen molar-refractivity contribution < 1.29 is 27.5 Å². The van der Waals surface area contributed by atoms with Gasteiger partial charge in [0.25, 0.3) is 5.91 Å². The summed E-state index contributed by atoms with van der Waals surface area (Å²) in [5.41, 5.74) is 1.32. The van der Waals surface area contributed by atoms with E-state index >= 15 is 0 Å². The van der Waals surface area contributed by atoms with E-state index in [1.165, 1.54) is 31.2 Å². The van der Waals surface area contributed by atoms with Crippen molar-refractivity contribution in [3.05, 3.63) is 83.4 Å². The number of nitrogens with one attached hydrogen (secondary N) is 2. The number of ether oxygens (including phenoxy) is 1. The van der Waals surface area contributed by atoms with Gasteiger partial charge in [-0.15, -0.1) is 0 Å². The Bertz CT molecular complexity index is 1130. The monoisotopic (exact) mass is 428 g/mol. The molecule has 5 nitrogen and oxygen atoms in total. The molecule has 0 saturated carbocycles. The summed E-state index contributed by atoms with van der Waals surface area (Å²) in [6.45, 7) is 3.21. The number of carbonyl (C=O) groups is 2. The third-order valence-corrected chi connectivity index (χ3v) is 4.30. The van der Waals surface area contributed by atoms with Crippen molar-refractivity contribution in [2.75, 3.05) is 10.6 Å². The van der Waals surface area contributed by atoms with Crippen LogP contribution in [0.2, 0.25) is 0 Å². The van der Waals surface area contributed by atoms with Gasteiger partial charge in [0.1, 0.15) is 11.5 Å². The second-order valence-electron chi connectivity index (χ2n) is 6.82. The van der Waals surface area contributed by atoms with Gasteiger partial charge in [-0.25, -0.2) is 0 Å². The minimum atomic E-state index is -4.48. The molecule has 2 N–H and O–H groups in total. The quantitative estimate of drug-likeness (QED) is 0.522. The molecular weight excluding hydrogens is 409 g/mol. The average Bonchev–Trinajstić information content (AvgIpc) is 2.70. The molecule has 0 fully saturated rings. The van der Waals surface area contributed by atoms with Gasteiger partial charge in [0.05, 0.1) is 5.56 Å². The van der Waals surface area contributed by atoms with E-state index in [4.69, 9.17) is 4.74 Å². The van der Waals surface area contributed by atoms with E-state index in [1.807, 2.05) is 6.92 Å². The standard InChI is InChI=1S/C23H19F3N2O3/c1-14-9-10-18(13-21(14)27-15(2)29)28-22(30)16-5-3-7-19(11-16)31-20-8-4-6-17(12-20)23(24,25)26/h3-13H,1-2H3,(H,27,29)(H,28,30). The lowest BCUT2D eigenvalue weighted by molar-refractivity contribution is -0.137. The van der Waals surface area contributed by atoms with E-state index in [1.54, 1.807) is 30.3 Å². The zero-order chi connectivity index (χ0) is 22.6. The van der Waals surface area contributed by atoms with E-state index in [0.29, 0.717) is 11.4 Å². The van der Waals surface area contributed by atoms with Crippen LogP contribution in [-0.4, -0.2) is 11.8 Å². The smallest absolute Gasteiger partial charge is 0.416 e. The predicted molar refractivity (Wildman–Crippen MR) is 111 cm³/mol. The number of carbonyl (C=O) groups excluding carboxylic acids is 2. The predicted octanol–water partition coefficient (Wildman–Crippen LogP) is 6.02. The second-order valence-corrected chi connectivity index (χ2v) is 6.82. The fourth-order valence-corrected chi connectivity index (χ4v) is 2.80. The van der Waals surface area contributed by atoms with Crippen molar-refractivity contribution in [1.82, 2.24) is 0 Å². The van der Waals surface area contributed by atoms with Crippen molar-refractivity contribution in [2.45, 2.75) is 20.0 Å². The Morgan fingerprint density at radius 3 is 2.23 bits per heavy atom. The molecule has 160 valence electrons. The molecule has 0 aliphatic rings. The van der Waals surface area contributed by atoms with E-state index in [0.717, 1.165) is 17.7 Å². The van der Waals surface area contributed by atoms with Crippen molar-refractivity contribution in [2.24, 2.45) is 0 Å². The first-order chi connectivity index (χ1) is 14.6. The lowest BCUT2D eigenvalue weighted by Crippen LogP contribution is -2.13. The van der Waals surface area contributed by atoms with Crippen LogP contribution < -0.4 is 15.4 Å². The molecule has 3 aromatic rings.